The second kappa shape index (κ2) is 6.84. The van der Waals surface area contributed by atoms with Crippen molar-refractivity contribution in [3.05, 3.63) is 46.7 Å². The summed E-state index contributed by atoms with van der Waals surface area (Å²) >= 11 is 5.66. The zero-order valence-corrected chi connectivity index (χ0v) is 15.7. The summed E-state index contributed by atoms with van der Waals surface area (Å²) < 4.78 is 28.7. The van der Waals surface area contributed by atoms with Crippen LogP contribution in [0.1, 0.15) is 10.5 Å². The number of fused-ring (bicyclic) bond motifs is 1. The SMILES string of the molecule is Nc1c(F)c(-c2ccc3cc[nH]c3c2F)nc(C(=O)O)c1Cl.[K]. The monoisotopic (exact) mass is 362 g/mol. The van der Waals surface area contributed by atoms with E-state index in [-0.39, 0.29) is 62.5 Å². The molecule has 0 aliphatic rings. The van der Waals surface area contributed by atoms with Gasteiger partial charge in [0.15, 0.2) is 17.3 Å². The number of nitrogens with one attached hydrogen (secondary N) is 1. The number of aromatic amines is 1. The minimum absolute atomic E-state index is 0. The molecule has 0 bridgehead atoms. The first-order valence-corrected chi connectivity index (χ1v) is 6.43. The molecule has 23 heavy (non-hydrogen) atoms. The number of pyridine rings is 1. The summed E-state index contributed by atoms with van der Waals surface area (Å²) in [4.78, 5) is 17.4. The van der Waals surface area contributed by atoms with Gasteiger partial charge in [-0.2, -0.15) is 0 Å². The number of halogens is 3. The molecule has 0 spiro atoms. The molecule has 1 aromatic carbocycles. The number of nitrogen functional groups attached to an aromatic ring is 1. The van der Waals surface area contributed by atoms with Gasteiger partial charge in [0.25, 0.3) is 0 Å². The number of aromatic carboxylic acids is 1. The minimum Gasteiger partial charge on any atom is -0.476 e. The average Bonchev–Trinajstić information content (AvgIpc) is 2.95. The van der Waals surface area contributed by atoms with Crippen LogP contribution in [0.3, 0.4) is 0 Å². The van der Waals surface area contributed by atoms with E-state index in [1.165, 1.54) is 12.3 Å². The van der Waals surface area contributed by atoms with Crippen molar-refractivity contribution in [3.63, 3.8) is 0 Å². The molecule has 0 amide bonds. The van der Waals surface area contributed by atoms with Gasteiger partial charge in [-0.05, 0) is 12.1 Å². The largest absolute Gasteiger partial charge is 0.476 e. The van der Waals surface area contributed by atoms with Crippen LogP contribution in [0.4, 0.5) is 14.5 Å². The Morgan fingerprint density at radius 1 is 1.26 bits per heavy atom. The van der Waals surface area contributed by atoms with E-state index in [1.54, 1.807) is 12.1 Å². The number of anilines is 1. The Labute approximate surface area is 176 Å². The van der Waals surface area contributed by atoms with E-state index < -0.39 is 39.7 Å². The summed E-state index contributed by atoms with van der Waals surface area (Å²) in [6.07, 6.45) is 1.53. The summed E-state index contributed by atoms with van der Waals surface area (Å²) in [7, 11) is 0. The molecule has 9 heteroatoms. The van der Waals surface area contributed by atoms with Crippen molar-refractivity contribution >= 4 is 85.5 Å². The Morgan fingerprint density at radius 2 is 1.96 bits per heavy atom. The molecular formula is C14H8ClF2KN3O2. The smallest absolute Gasteiger partial charge is 0.356 e. The van der Waals surface area contributed by atoms with Crippen molar-refractivity contribution < 1.29 is 18.7 Å². The minimum atomic E-state index is -1.49. The summed E-state index contributed by atoms with van der Waals surface area (Å²) in [6, 6.07) is 4.50. The van der Waals surface area contributed by atoms with E-state index in [0.29, 0.717) is 5.39 Å². The first-order valence-electron chi connectivity index (χ1n) is 6.05. The van der Waals surface area contributed by atoms with Crippen LogP contribution in [0.15, 0.2) is 24.4 Å². The fourth-order valence-electron chi connectivity index (χ4n) is 2.16. The summed E-state index contributed by atoms with van der Waals surface area (Å²) in [5, 5.41) is 9.10. The third kappa shape index (κ3) is 3.02. The summed E-state index contributed by atoms with van der Waals surface area (Å²) in [5.74, 6) is -3.31. The number of hydrogen-bond acceptors (Lipinski definition) is 3. The summed E-state index contributed by atoms with van der Waals surface area (Å²) in [6.45, 7) is 0. The quantitative estimate of drug-likeness (QED) is 0.611. The van der Waals surface area contributed by atoms with Gasteiger partial charge in [-0.1, -0.05) is 17.7 Å². The van der Waals surface area contributed by atoms with Crippen LogP contribution in [0.2, 0.25) is 5.02 Å². The zero-order chi connectivity index (χ0) is 16.0. The third-order valence-corrected chi connectivity index (χ3v) is 3.62. The maximum absolute atomic E-state index is 14.5. The molecule has 0 aliphatic carbocycles. The summed E-state index contributed by atoms with van der Waals surface area (Å²) in [5.41, 5.74) is 3.68. The Bertz CT molecular complexity index is 930. The van der Waals surface area contributed by atoms with Gasteiger partial charge < -0.3 is 15.8 Å². The van der Waals surface area contributed by atoms with Gasteiger partial charge in [-0.3, -0.25) is 0 Å². The number of carbonyl (C=O) groups is 1. The van der Waals surface area contributed by atoms with Gasteiger partial charge in [-0.15, -0.1) is 0 Å². The predicted molar refractivity (Wildman–Crippen MR) is 83.6 cm³/mol. The Balaban J connectivity index is 0.00000192. The van der Waals surface area contributed by atoms with Gasteiger partial charge >= 0.3 is 5.97 Å². The van der Waals surface area contributed by atoms with Crippen molar-refractivity contribution in [2.45, 2.75) is 0 Å². The molecule has 0 saturated carbocycles. The Hall–Kier alpha value is -1.03. The van der Waals surface area contributed by atoms with Crippen molar-refractivity contribution in [1.82, 2.24) is 9.97 Å². The second-order valence-corrected chi connectivity index (χ2v) is 4.90. The molecule has 1 radical (unpaired) electrons. The number of nitrogens with zero attached hydrogens (tertiary/aromatic N) is 1. The predicted octanol–water partition coefficient (Wildman–Crippen LogP) is 3.06. The van der Waals surface area contributed by atoms with Crippen molar-refractivity contribution in [2.75, 3.05) is 5.73 Å². The third-order valence-electron chi connectivity index (χ3n) is 3.23. The first kappa shape index (κ1) is 18.3. The molecule has 0 atom stereocenters. The molecule has 5 nitrogen and oxygen atoms in total. The molecular weight excluding hydrogens is 355 g/mol. The van der Waals surface area contributed by atoms with Crippen LogP contribution in [0.5, 0.6) is 0 Å². The number of hydrogen-bond donors (Lipinski definition) is 3. The van der Waals surface area contributed by atoms with Gasteiger partial charge in [0.05, 0.1) is 16.2 Å². The number of carboxylic acid groups (broad SMARTS) is 1. The van der Waals surface area contributed by atoms with Crippen molar-refractivity contribution in [2.24, 2.45) is 0 Å². The van der Waals surface area contributed by atoms with E-state index in [0.717, 1.165) is 0 Å². The second-order valence-electron chi connectivity index (χ2n) is 4.52. The van der Waals surface area contributed by atoms with E-state index in [4.69, 9.17) is 22.4 Å². The maximum Gasteiger partial charge on any atom is 0.356 e. The Morgan fingerprint density at radius 3 is 2.61 bits per heavy atom. The number of carboxylic acids is 1. The molecule has 0 fully saturated rings. The van der Waals surface area contributed by atoms with Crippen LogP contribution in [0, 0.1) is 11.6 Å². The molecule has 0 aliphatic heterocycles. The Kier molecular flexibility index (Phi) is 5.44. The van der Waals surface area contributed by atoms with Gasteiger partial charge in [0, 0.05) is 68.5 Å². The van der Waals surface area contributed by atoms with Gasteiger partial charge in [0.1, 0.15) is 5.69 Å². The van der Waals surface area contributed by atoms with Crippen molar-refractivity contribution in [1.29, 1.82) is 0 Å². The van der Waals surface area contributed by atoms with Crippen molar-refractivity contribution in [3.8, 4) is 11.3 Å². The zero-order valence-electron chi connectivity index (χ0n) is 11.8. The van der Waals surface area contributed by atoms with Crippen LogP contribution in [-0.2, 0) is 0 Å². The van der Waals surface area contributed by atoms with Crippen LogP contribution >= 0.6 is 11.6 Å². The van der Waals surface area contributed by atoms with E-state index in [1.807, 2.05) is 0 Å². The number of nitrogens with two attached hydrogens (primary N) is 1. The number of aromatic nitrogens is 2. The van der Waals surface area contributed by atoms with Gasteiger partial charge in [-0.25, -0.2) is 18.6 Å². The molecule has 0 saturated heterocycles. The van der Waals surface area contributed by atoms with E-state index in [9.17, 15) is 13.6 Å². The number of H-pyrrole nitrogens is 1. The van der Waals surface area contributed by atoms with Crippen LogP contribution in [0.25, 0.3) is 22.2 Å². The first-order chi connectivity index (χ1) is 10.4. The number of rotatable bonds is 2. The van der Waals surface area contributed by atoms with Crippen LogP contribution < -0.4 is 5.73 Å². The molecule has 3 rings (SSSR count). The molecule has 0 unspecified atom stereocenters. The van der Waals surface area contributed by atoms with E-state index in [2.05, 4.69) is 9.97 Å². The fraction of sp³-hybridized carbons (Fsp3) is 0. The van der Waals surface area contributed by atoms with E-state index >= 15 is 0 Å². The normalized spacial score (nSPS) is 10.6. The molecule has 113 valence electrons. The average molecular weight is 363 g/mol. The molecule has 2 aromatic heterocycles. The maximum atomic E-state index is 14.5. The molecule has 2 heterocycles. The standard InChI is InChI=1S/C14H8ClF2N3O2.K/c15-7-10(18)9(17)12(20-13(7)14(21)22)6-2-1-5-3-4-19-11(5)8(6)16;/h1-4,19H,(H2,18,20)(H,21,22);. The molecule has 3 aromatic rings. The van der Waals surface area contributed by atoms with Gasteiger partial charge in [0.2, 0.25) is 0 Å². The topological polar surface area (TPSA) is 92.0 Å². The number of benzene rings is 1. The molecule has 4 N–H and O–H groups in total. The fourth-order valence-corrected chi connectivity index (χ4v) is 2.36. The van der Waals surface area contributed by atoms with Crippen LogP contribution in [-0.4, -0.2) is 72.4 Å².